The van der Waals surface area contributed by atoms with Gasteiger partial charge in [-0.1, -0.05) is 45.6 Å². The highest BCUT2D eigenvalue weighted by Crippen LogP contribution is 2.37. The van der Waals surface area contributed by atoms with Crippen molar-refractivity contribution >= 4 is 0 Å². The number of benzene rings is 2. The van der Waals surface area contributed by atoms with E-state index in [0.717, 1.165) is 37.0 Å². The van der Waals surface area contributed by atoms with Crippen molar-refractivity contribution in [1.29, 1.82) is 0 Å². The Kier molecular flexibility index (Phi) is 6.79. The molecule has 0 aromatic heterocycles. The Labute approximate surface area is 165 Å². The highest BCUT2D eigenvalue weighted by molar-refractivity contribution is 5.64. The molecule has 0 saturated heterocycles. The Morgan fingerprint density at radius 1 is 0.857 bits per heavy atom. The van der Waals surface area contributed by atoms with Gasteiger partial charge in [0.2, 0.25) is 0 Å². The molecule has 0 amide bonds. The molecular formula is C24H28F4. The van der Waals surface area contributed by atoms with Gasteiger partial charge in [-0.15, -0.1) is 0 Å². The van der Waals surface area contributed by atoms with Gasteiger partial charge in [-0.3, -0.25) is 0 Å². The van der Waals surface area contributed by atoms with Crippen LogP contribution in [0, 0.1) is 41.0 Å². The van der Waals surface area contributed by atoms with Gasteiger partial charge in [-0.05, 0) is 72.4 Å². The molecule has 1 unspecified atom stereocenters. The number of rotatable bonds is 6. The van der Waals surface area contributed by atoms with Crippen LogP contribution in [0.4, 0.5) is 17.6 Å². The van der Waals surface area contributed by atoms with Crippen molar-refractivity contribution in [2.75, 3.05) is 0 Å². The minimum absolute atomic E-state index is 0.0483. The van der Waals surface area contributed by atoms with E-state index >= 15 is 0 Å². The molecule has 1 atom stereocenters. The molecule has 152 valence electrons. The van der Waals surface area contributed by atoms with Crippen LogP contribution in [0.3, 0.4) is 0 Å². The van der Waals surface area contributed by atoms with Gasteiger partial charge in [-0.25, -0.2) is 17.6 Å². The van der Waals surface area contributed by atoms with Crippen LogP contribution in [0.25, 0.3) is 11.1 Å². The van der Waals surface area contributed by atoms with Crippen molar-refractivity contribution in [2.24, 2.45) is 17.8 Å². The van der Waals surface area contributed by atoms with Gasteiger partial charge in [0, 0.05) is 5.56 Å². The van der Waals surface area contributed by atoms with Crippen LogP contribution >= 0.6 is 0 Å². The zero-order valence-corrected chi connectivity index (χ0v) is 16.6. The molecule has 2 aromatic carbocycles. The third-order valence-corrected chi connectivity index (χ3v) is 6.30. The average molecular weight is 392 g/mol. The fraction of sp³-hybridized carbons (Fsp3) is 0.500. The molecule has 0 N–H and O–H groups in total. The predicted octanol–water partition coefficient (Wildman–Crippen LogP) is 7.70. The summed E-state index contributed by atoms with van der Waals surface area (Å²) in [6.07, 6.45) is 7.77. The van der Waals surface area contributed by atoms with Gasteiger partial charge in [-0.2, -0.15) is 0 Å². The normalized spacial score (nSPS) is 20.9. The molecule has 0 nitrogen and oxygen atoms in total. The summed E-state index contributed by atoms with van der Waals surface area (Å²) < 4.78 is 55.8. The molecule has 0 radical (unpaired) electrons. The Morgan fingerprint density at radius 2 is 1.57 bits per heavy atom. The molecule has 1 aliphatic rings. The minimum atomic E-state index is -1.08. The molecule has 28 heavy (non-hydrogen) atoms. The Morgan fingerprint density at radius 3 is 2.21 bits per heavy atom. The second kappa shape index (κ2) is 9.11. The predicted molar refractivity (Wildman–Crippen MR) is 105 cm³/mol. The molecule has 0 heterocycles. The maximum absolute atomic E-state index is 14.7. The van der Waals surface area contributed by atoms with Crippen LogP contribution in [0.5, 0.6) is 0 Å². The van der Waals surface area contributed by atoms with Gasteiger partial charge < -0.3 is 0 Å². The van der Waals surface area contributed by atoms with Crippen LogP contribution in [0.2, 0.25) is 0 Å². The van der Waals surface area contributed by atoms with E-state index < -0.39 is 23.3 Å². The lowest BCUT2D eigenvalue weighted by Crippen LogP contribution is -2.22. The van der Waals surface area contributed by atoms with Crippen molar-refractivity contribution in [3.63, 3.8) is 0 Å². The number of halogens is 4. The first-order valence-electron chi connectivity index (χ1n) is 10.3. The van der Waals surface area contributed by atoms with Crippen LogP contribution in [-0.2, 0) is 6.42 Å². The van der Waals surface area contributed by atoms with E-state index in [2.05, 4.69) is 13.8 Å². The van der Waals surface area contributed by atoms with Crippen LogP contribution in [0.15, 0.2) is 30.3 Å². The fourth-order valence-corrected chi connectivity index (χ4v) is 4.60. The van der Waals surface area contributed by atoms with E-state index in [1.165, 1.54) is 37.8 Å². The minimum Gasteiger partial charge on any atom is -0.207 e. The average Bonchev–Trinajstić information content (AvgIpc) is 2.67. The number of hydrogen-bond donors (Lipinski definition) is 0. The van der Waals surface area contributed by atoms with Crippen molar-refractivity contribution in [3.05, 3.63) is 59.2 Å². The van der Waals surface area contributed by atoms with E-state index in [4.69, 9.17) is 0 Å². The SMILES string of the molecule is CCCC1CCC(C(C)Cc2cc(F)c(-c3ccc(F)c(F)c3)cc2F)CC1. The maximum Gasteiger partial charge on any atom is 0.159 e. The molecular weight excluding hydrogens is 364 g/mol. The van der Waals surface area contributed by atoms with Crippen molar-refractivity contribution in [3.8, 4) is 11.1 Å². The van der Waals surface area contributed by atoms with Crippen LogP contribution < -0.4 is 0 Å². The molecule has 0 spiro atoms. The fourth-order valence-electron chi connectivity index (χ4n) is 4.60. The largest absolute Gasteiger partial charge is 0.207 e. The molecule has 1 saturated carbocycles. The lowest BCUT2D eigenvalue weighted by atomic mass is 9.73. The molecule has 1 aliphatic carbocycles. The molecule has 0 aliphatic heterocycles. The Hall–Kier alpha value is -1.84. The molecule has 3 rings (SSSR count). The zero-order valence-electron chi connectivity index (χ0n) is 16.6. The van der Waals surface area contributed by atoms with Gasteiger partial charge in [0.15, 0.2) is 11.6 Å². The van der Waals surface area contributed by atoms with Gasteiger partial charge in [0.25, 0.3) is 0 Å². The van der Waals surface area contributed by atoms with Gasteiger partial charge in [0.05, 0.1) is 0 Å². The zero-order chi connectivity index (χ0) is 20.3. The van der Waals surface area contributed by atoms with Crippen molar-refractivity contribution in [2.45, 2.75) is 58.8 Å². The summed E-state index contributed by atoms with van der Waals surface area (Å²) in [5.74, 6) is -1.55. The summed E-state index contributed by atoms with van der Waals surface area (Å²) in [6.45, 7) is 4.33. The molecule has 0 bridgehead atoms. The third-order valence-electron chi connectivity index (χ3n) is 6.30. The second-order valence-electron chi connectivity index (χ2n) is 8.30. The molecule has 1 fully saturated rings. The summed E-state index contributed by atoms with van der Waals surface area (Å²) in [6, 6.07) is 5.39. The third kappa shape index (κ3) is 4.76. The monoisotopic (exact) mass is 392 g/mol. The summed E-state index contributed by atoms with van der Waals surface area (Å²) in [5.41, 5.74) is 0.434. The smallest absolute Gasteiger partial charge is 0.159 e. The first-order chi connectivity index (χ1) is 13.4. The van der Waals surface area contributed by atoms with Crippen molar-refractivity contribution < 1.29 is 17.6 Å². The van der Waals surface area contributed by atoms with E-state index in [9.17, 15) is 17.6 Å². The maximum atomic E-state index is 14.7. The molecule has 4 heteroatoms. The summed E-state index contributed by atoms with van der Waals surface area (Å²) in [7, 11) is 0. The first kappa shape index (κ1) is 20.9. The van der Waals surface area contributed by atoms with Gasteiger partial charge >= 0.3 is 0 Å². The summed E-state index contributed by atoms with van der Waals surface area (Å²) in [4.78, 5) is 0. The van der Waals surface area contributed by atoms with E-state index in [-0.39, 0.29) is 17.0 Å². The van der Waals surface area contributed by atoms with Crippen LogP contribution in [-0.4, -0.2) is 0 Å². The highest BCUT2D eigenvalue weighted by Gasteiger charge is 2.26. The first-order valence-corrected chi connectivity index (χ1v) is 10.3. The standard InChI is InChI=1S/C24H28F4/c1-3-4-16-5-7-17(8-6-16)15(2)11-19-13-23(27)20(14-22(19)26)18-9-10-21(25)24(28)12-18/h9-10,12-17H,3-8,11H2,1-2H3. The number of hydrogen-bond acceptors (Lipinski definition) is 0. The lowest BCUT2D eigenvalue weighted by Gasteiger charge is -2.32. The van der Waals surface area contributed by atoms with Crippen molar-refractivity contribution in [1.82, 2.24) is 0 Å². The Balaban J connectivity index is 1.71. The lowest BCUT2D eigenvalue weighted by molar-refractivity contribution is 0.205. The topological polar surface area (TPSA) is 0 Å². The summed E-state index contributed by atoms with van der Waals surface area (Å²) >= 11 is 0. The van der Waals surface area contributed by atoms with Gasteiger partial charge in [0.1, 0.15) is 11.6 Å². The second-order valence-corrected chi connectivity index (χ2v) is 8.30. The highest BCUT2D eigenvalue weighted by atomic mass is 19.2. The quantitative estimate of drug-likeness (QED) is 0.442. The van der Waals surface area contributed by atoms with Crippen LogP contribution in [0.1, 0.15) is 57.9 Å². The molecule has 2 aromatic rings. The summed E-state index contributed by atoms with van der Waals surface area (Å²) in [5, 5.41) is 0. The van der Waals surface area contributed by atoms with E-state index in [1.807, 2.05) is 0 Å². The Bertz CT molecular complexity index is 806. The van der Waals surface area contributed by atoms with E-state index in [1.54, 1.807) is 0 Å². The van der Waals surface area contributed by atoms with E-state index in [0.29, 0.717) is 17.9 Å².